The van der Waals surface area contributed by atoms with E-state index in [9.17, 15) is 23.1 Å². The van der Waals surface area contributed by atoms with E-state index in [1.165, 1.54) is 35.0 Å². The molecule has 122 valence electrons. The number of nitriles is 1. The largest absolute Gasteiger partial charge is 0.418 e. The lowest BCUT2D eigenvalue weighted by molar-refractivity contribution is -0.257. The van der Waals surface area contributed by atoms with Crippen LogP contribution in [0, 0.1) is 18.3 Å². The van der Waals surface area contributed by atoms with Gasteiger partial charge in [-0.15, -0.1) is 0 Å². The average molecular weight is 325 g/mol. The van der Waals surface area contributed by atoms with Gasteiger partial charge in [-0.1, -0.05) is 0 Å². The highest BCUT2D eigenvalue weighted by atomic mass is 19.4. The van der Waals surface area contributed by atoms with Crippen molar-refractivity contribution in [1.29, 1.82) is 5.26 Å². The van der Waals surface area contributed by atoms with E-state index in [-0.39, 0.29) is 0 Å². The van der Waals surface area contributed by atoms with Crippen LogP contribution in [0.2, 0.25) is 0 Å². The summed E-state index contributed by atoms with van der Waals surface area (Å²) in [7, 11) is 0. The van der Waals surface area contributed by atoms with E-state index in [2.05, 4.69) is 0 Å². The summed E-state index contributed by atoms with van der Waals surface area (Å²) in [4.78, 5) is 12.3. The van der Waals surface area contributed by atoms with Crippen molar-refractivity contribution in [1.82, 2.24) is 9.13 Å². The van der Waals surface area contributed by atoms with Crippen molar-refractivity contribution in [2.24, 2.45) is 0 Å². The molecule has 0 saturated heterocycles. The Hall–Kier alpha value is -2.53. The summed E-state index contributed by atoms with van der Waals surface area (Å²) in [5.74, 6) is 0. The van der Waals surface area contributed by atoms with Gasteiger partial charge in [0.2, 0.25) is 0 Å². The number of imidazole rings is 1. The molecule has 0 aliphatic heterocycles. The molecule has 5 nitrogen and oxygen atoms in total. The molecule has 2 aromatic rings. The molecule has 0 bridgehead atoms. The first kappa shape index (κ1) is 16.8. The molecule has 0 unspecified atom stereocenters. The van der Waals surface area contributed by atoms with Gasteiger partial charge in [0.1, 0.15) is 0 Å². The van der Waals surface area contributed by atoms with E-state index in [1.54, 1.807) is 6.92 Å². The van der Waals surface area contributed by atoms with Crippen LogP contribution in [0.4, 0.5) is 13.2 Å². The fourth-order valence-electron chi connectivity index (χ4n) is 2.15. The zero-order valence-electron chi connectivity index (χ0n) is 12.4. The third kappa shape index (κ3) is 3.14. The van der Waals surface area contributed by atoms with E-state index in [0.717, 1.165) is 4.57 Å². The van der Waals surface area contributed by atoms with Gasteiger partial charge < -0.3 is 5.11 Å². The molecular formula is C15H14F3N3O2. The predicted octanol–water partition coefficient (Wildman–Crippen LogP) is 2.13. The molecule has 23 heavy (non-hydrogen) atoms. The summed E-state index contributed by atoms with van der Waals surface area (Å²) in [5.41, 5.74) is -2.47. The molecule has 0 saturated carbocycles. The minimum Gasteiger partial charge on any atom is -0.379 e. The first-order valence-electron chi connectivity index (χ1n) is 6.65. The SMILES string of the molecule is Cc1cn(C[C@](C)(O)C(F)(F)F)c(=O)n1-c1ccc(C#N)cc1. The van der Waals surface area contributed by atoms with Crippen molar-refractivity contribution in [2.45, 2.75) is 32.2 Å². The average Bonchev–Trinajstić information content (AvgIpc) is 2.72. The van der Waals surface area contributed by atoms with Gasteiger partial charge in [0.25, 0.3) is 0 Å². The maximum atomic E-state index is 12.8. The van der Waals surface area contributed by atoms with Crippen LogP contribution in [-0.2, 0) is 6.54 Å². The van der Waals surface area contributed by atoms with Crippen LogP contribution < -0.4 is 5.69 Å². The highest BCUT2D eigenvalue weighted by molar-refractivity contribution is 5.40. The fourth-order valence-corrected chi connectivity index (χ4v) is 2.15. The summed E-state index contributed by atoms with van der Waals surface area (Å²) < 4.78 is 40.3. The van der Waals surface area contributed by atoms with Crippen LogP contribution in [0.5, 0.6) is 0 Å². The van der Waals surface area contributed by atoms with Crippen LogP contribution in [-0.4, -0.2) is 26.0 Å². The number of rotatable bonds is 3. The summed E-state index contributed by atoms with van der Waals surface area (Å²) in [6.07, 6.45) is -3.60. The topological polar surface area (TPSA) is 71.0 Å². The highest BCUT2D eigenvalue weighted by Gasteiger charge is 2.50. The second-order valence-corrected chi connectivity index (χ2v) is 5.45. The quantitative estimate of drug-likeness (QED) is 0.940. The van der Waals surface area contributed by atoms with Gasteiger partial charge in [-0.25, -0.2) is 4.79 Å². The predicted molar refractivity (Wildman–Crippen MR) is 76.2 cm³/mol. The lowest BCUT2D eigenvalue weighted by Crippen LogP contribution is -2.47. The van der Waals surface area contributed by atoms with Crippen LogP contribution in [0.25, 0.3) is 5.69 Å². The smallest absolute Gasteiger partial charge is 0.379 e. The Kier molecular flexibility index (Phi) is 4.09. The van der Waals surface area contributed by atoms with Crippen molar-refractivity contribution in [3.8, 4) is 11.8 Å². The van der Waals surface area contributed by atoms with Crippen molar-refractivity contribution < 1.29 is 18.3 Å². The highest BCUT2D eigenvalue weighted by Crippen LogP contribution is 2.31. The third-order valence-corrected chi connectivity index (χ3v) is 3.48. The molecule has 1 aromatic heterocycles. The van der Waals surface area contributed by atoms with Gasteiger partial charge >= 0.3 is 11.9 Å². The standard InChI is InChI=1S/C15H14F3N3O2/c1-10-8-20(9-14(2,23)15(16,17)18)13(22)21(10)12-5-3-11(7-19)4-6-12/h3-6,8,23H,9H2,1-2H3/t14-/m0/s1. The third-order valence-electron chi connectivity index (χ3n) is 3.48. The molecule has 1 heterocycles. The van der Waals surface area contributed by atoms with Gasteiger partial charge in [-0.3, -0.25) is 9.13 Å². The van der Waals surface area contributed by atoms with Crippen LogP contribution in [0.3, 0.4) is 0 Å². The number of aryl methyl sites for hydroxylation is 1. The number of nitrogens with zero attached hydrogens (tertiary/aromatic N) is 3. The van der Waals surface area contributed by atoms with E-state index < -0.39 is 24.0 Å². The number of benzene rings is 1. The van der Waals surface area contributed by atoms with Gasteiger partial charge in [-0.05, 0) is 38.1 Å². The molecule has 0 radical (unpaired) electrons. The van der Waals surface area contributed by atoms with Crippen LogP contribution in [0.1, 0.15) is 18.2 Å². The first-order chi connectivity index (χ1) is 10.6. The summed E-state index contributed by atoms with van der Waals surface area (Å²) in [6.45, 7) is 1.28. The molecule has 1 aromatic carbocycles. The number of hydrogen-bond acceptors (Lipinski definition) is 3. The number of aromatic nitrogens is 2. The Morgan fingerprint density at radius 1 is 1.26 bits per heavy atom. The maximum absolute atomic E-state index is 12.8. The van der Waals surface area contributed by atoms with Crippen LogP contribution >= 0.6 is 0 Å². The Bertz CT molecular complexity index is 808. The zero-order chi connectivity index (χ0) is 17.4. The van der Waals surface area contributed by atoms with E-state index >= 15 is 0 Å². The number of hydrogen-bond donors (Lipinski definition) is 1. The molecule has 1 atom stereocenters. The molecule has 0 aliphatic carbocycles. The normalized spacial score (nSPS) is 14.3. The van der Waals surface area contributed by atoms with E-state index in [4.69, 9.17) is 5.26 Å². The Labute approximate surface area is 129 Å². The Morgan fingerprint density at radius 3 is 2.30 bits per heavy atom. The first-order valence-corrected chi connectivity index (χ1v) is 6.65. The second-order valence-electron chi connectivity index (χ2n) is 5.45. The van der Waals surface area contributed by atoms with Gasteiger partial charge in [-0.2, -0.15) is 18.4 Å². The molecule has 0 aliphatic rings. The van der Waals surface area contributed by atoms with Crippen molar-refractivity contribution in [2.75, 3.05) is 0 Å². The van der Waals surface area contributed by atoms with Gasteiger partial charge in [0.15, 0.2) is 5.60 Å². The number of alkyl halides is 3. The van der Waals surface area contributed by atoms with E-state index in [1.807, 2.05) is 6.07 Å². The second kappa shape index (κ2) is 5.59. The van der Waals surface area contributed by atoms with Crippen molar-refractivity contribution in [3.63, 3.8) is 0 Å². The monoisotopic (exact) mass is 325 g/mol. The molecule has 2 rings (SSSR count). The van der Waals surface area contributed by atoms with Gasteiger partial charge in [0, 0.05) is 11.9 Å². The molecule has 0 fully saturated rings. The van der Waals surface area contributed by atoms with Crippen LogP contribution in [0.15, 0.2) is 35.3 Å². The minimum absolute atomic E-state index is 0.402. The maximum Gasteiger partial charge on any atom is 0.418 e. The van der Waals surface area contributed by atoms with E-state index in [0.29, 0.717) is 23.9 Å². The fraction of sp³-hybridized carbons (Fsp3) is 0.333. The summed E-state index contributed by atoms with van der Waals surface area (Å²) in [6, 6.07) is 8.00. The number of aliphatic hydroxyl groups is 1. The minimum atomic E-state index is -4.85. The molecule has 1 N–H and O–H groups in total. The molecule has 8 heteroatoms. The Balaban J connectivity index is 2.44. The van der Waals surface area contributed by atoms with Crippen molar-refractivity contribution >= 4 is 0 Å². The zero-order valence-corrected chi connectivity index (χ0v) is 12.4. The molecular weight excluding hydrogens is 311 g/mol. The Morgan fingerprint density at radius 2 is 1.83 bits per heavy atom. The van der Waals surface area contributed by atoms with Crippen molar-refractivity contribution in [3.05, 3.63) is 52.2 Å². The molecule has 0 spiro atoms. The lowest BCUT2D eigenvalue weighted by atomic mass is 10.1. The summed E-state index contributed by atoms with van der Waals surface area (Å²) in [5, 5.41) is 18.3. The number of halogens is 3. The van der Waals surface area contributed by atoms with Gasteiger partial charge in [0.05, 0.1) is 23.9 Å². The summed E-state index contributed by atoms with van der Waals surface area (Å²) >= 11 is 0. The molecule has 0 amide bonds. The lowest BCUT2D eigenvalue weighted by Gasteiger charge is -2.26.